The molecule has 1 aliphatic heterocycles. The van der Waals surface area contributed by atoms with E-state index in [4.69, 9.17) is 10.7 Å². The summed E-state index contributed by atoms with van der Waals surface area (Å²) >= 11 is 0. The summed E-state index contributed by atoms with van der Waals surface area (Å²) in [5.74, 6) is 1.02. The molecular weight excluding hydrogens is 362 g/mol. The number of hydrogen-bond acceptors (Lipinski definition) is 6. The normalized spacial score (nSPS) is 15.5. The molecule has 0 saturated carbocycles. The van der Waals surface area contributed by atoms with Gasteiger partial charge in [-0.2, -0.15) is 5.10 Å². The van der Waals surface area contributed by atoms with Crippen LogP contribution in [-0.4, -0.2) is 54.0 Å². The van der Waals surface area contributed by atoms with Crippen LogP contribution < -0.4 is 16.0 Å². The van der Waals surface area contributed by atoms with E-state index in [2.05, 4.69) is 45.4 Å². The number of nitrogens with zero attached hydrogens (tertiary/aromatic N) is 5. The molecule has 7 heteroatoms. The van der Waals surface area contributed by atoms with E-state index < -0.39 is 0 Å². The molecule has 0 bridgehead atoms. The maximum Gasteiger partial charge on any atom is 0.128 e. The van der Waals surface area contributed by atoms with Gasteiger partial charge in [0.25, 0.3) is 0 Å². The van der Waals surface area contributed by atoms with Crippen molar-refractivity contribution in [2.75, 3.05) is 38.1 Å². The second-order valence-electron chi connectivity index (χ2n) is 7.11. The van der Waals surface area contributed by atoms with Crippen LogP contribution in [0.15, 0.2) is 48.0 Å². The summed E-state index contributed by atoms with van der Waals surface area (Å²) in [6.07, 6.45) is 10.2. The molecule has 0 aliphatic carbocycles. The van der Waals surface area contributed by atoms with E-state index >= 15 is 0 Å². The van der Waals surface area contributed by atoms with Crippen LogP contribution in [0.1, 0.15) is 18.1 Å². The molecule has 29 heavy (non-hydrogen) atoms. The number of pyridine rings is 2. The van der Waals surface area contributed by atoms with Crippen molar-refractivity contribution >= 4 is 23.1 Å². The van der Waals surface area contributed by atoms with Crippen molar-refractivity contribution in [2.45, 2.75) is 13.3 Å². The summed E-state index contributed by atoms with van der Waals surface area (Å²) in [7, 11) is 1.74. The fourth-order valence-electron chi connectivity index (χ4n) is 3.80. The summed E-state index contributed by atoms with van der Waals surface area (Å²) in [6.45, 7) is 6.10. The SMILES string of the molecule is CCc1cnn2cc(C(C=NC)=CN)cc(-c3ccc(N4CCNCC4)nc3)c12. The van der Waals surface area contributed by atoms with Crippen LogP contribution in [0.3, 0.4) is 0 Å². The number of nitrogens with one attached hydrogen (secondary N) is 1. The van der Waals surface area contributed by atoms with Gasteiger partial charge in [-0.3, -0.25) is 4.99 Å². The molecule has 0 atom stereocenters. The van der Waals surface area contributed by atoms with Gasteiger partial charge in [0, 0.05) is 80.3 Å². The molecule has 0 aromatic carbocycles. The zero-order valence-electron chi connectivity index (χ0n) is 17.0. The van der Waals surface area contributed by atoms with Crippen molar-refractivity contribution in [1.82, 2.24) is 19.9 Å². The molecule has 1 saturated heterocycles. The molecule has 3 N–H and O–H groups in total. The van der Waals surface area contributed by atoms with Crippen LogP contribution in [0.2, 0.25) is 0 Å². The number of anilines is 1. The summed E-state index contributed by atoms with van der Waals surface area (Å²) < 4.78 is 1.93. The molecule has 150 valence electrons. The predicted octanol–water partition coefficient (Wildman–Crippen LogP) is 2.37. The van der Waals surface area contributed by atoms with Crippen LogP contribution >= 0.6 is 0 Å². The van der Waals surface area contributed by atoms with Gasteiger partial charge in [-0.25, -0.2) is 9.50 Å². The van der Waals surface area contributed by atoms with Gasteiger partial charge in [-0.1, -0.05) is 6.92 Å². The third-order valence-electron chi connectivity index (χ3n) is 5.35. The number of rotatable bonds is 5. The highest BCUT2D eigenvalue weighted by Gasteiger charge is 2.15. The Balaban J connectivity index is 1.81. The van der Waals surface area contributed by atoms with E-state index in [9.17, 15) is 0 Å². The molecule has 3 aromatic rings. The average molecular weight is 390 g/mol. The van der Waals surface area contributed by atoms with Crippen molar-refractivity contribution < 1.29 is 0 Å². The lowest BCUT2D eigenvalue weighted by atomic mass is 10.00. The maximum absolute atomic E-state index is 5.85. The monoisotopic (exact) mass is 389 g/mol. The summed E-state index contributed by atoms with van der Waals surface area (Å²) in [5.41, 5.74) is 12.2. The van der Waals surface area contributed by atoms with Crippen molar-refractivity contribution in [3.8, 4) is 11.1 Å². The van der Waals surface area contributed by atoms with Gasteiger partial charge < -0.3 is 16.0 Å². The minimum Gasteiger partial charge on any atom is -0.404 e. The maximum atomic E-state index is 5.85. The van der Waals surface area contributed by atoms with Crippen molar-refractivity contribution in [2.24, 2.45) is 10.7 Å². The van der Waals surface area contributed by atoms with Gasteiger partial charge in [0.2, 0.25) is 0 Å². The Bertz CT molecular complexity index is 1040. The quantitative estimate of drug-likeness (QED) is 0.655. The number of aromatic nitrogens is 3. The third-order valence-corrected chi connectivity index (χ3v) is 5.35. The number of fused-ring (bicyclic) bond motifs is 1. The Hall–Kier alpha value is -3.19. The Kier molecular flexibility index (Phi) is 5.57. The van der Waals surface area contributed by atoms with Gasteiger partial charge in [0.05, 0.1) is 11.7 Å². The van der Waals surface area contributed by atoms with Gasteiger partial charge >= 0.3 is 0 Å². The van der Waals surface area contributed by atoms with Gasteiger partial charge in [0.15, 0.2) is 0 Å². The highest BCUT2D eigenvalue weighted by Crippen LogP contribution is 2.31. The lowest BCUT2D eigenvalue weighted by molar-refractivity contribution is 0.585. The first-order valence-corrected chi connectivity index (χ1v) is 10.0. The van der Waals surface area contributed by atoms with Crippen LogP contribution in [0.25, 0.3) is 22.2 Å². The summed E-state index contributed by atoms with van der Waals surface area (Å²) in [4.78, 5) is 11.2. The number of aliphatic imine (C=N–C) groups is 1. The van der Waals surface area contributed by atoms with Crippen molar-refractivity contribution in [3.05, 3.63) is 54.1 Å². The molecule has 0 spiro atoms. The first-order valence-electron chi connectivity index (χ1n) is 10.0. The predicted molar refractivity (Wildman–Crippen MR) is 119 cm³/mol. The zero-order chi connectivity index (χ0) is 20.2. The van der Waals surface area contributed by atoms with E-state index in [-0.39, 0.29) is 0 Å². The Morgan fingerprint density at radius 2 is 2.10 bits per heavy atom. The molecule has 1 fully saturated rings. The fourth-order valence-corrected chi connectivity index (χ4v) is 3.80. The highest BCUT2D eigenvalue weighted by molar-refractivity contribution is 6.10. The van der Waals surface area contributed by atoms with E-state index in [1.807, 2.05) is 23.1 Å². The van der Waals surface area contributed by atoms with E-state index in [0.29, 0.717) is 0 Å². The molecule has 0 amide bonds. The Morgan fingerprint density at radius 3 is 2.76 bits per heavy atom. The molecule has 3 aromatic heterocycles. The molecule has 0 unspecified atom stereocenters. The molecule has 0 radical (unpaired) electrons. The number of hydrogen-bond donors (Lipinski definition) is 2. The van der Waals surface area contributed by atoms with E-state index in [0.717, 1.165) is 66.2 Å². The van der Waals surface area contributed by atoms with Gasteiger partial charge in [-0.05, 0) is 30.2 Å². The lowest BCUT2D eigenvalue weighted by Crippen LogP contribution is -2.43. The van der Waals surface area contributed by atoms with Crippen LogP contribution in [0.4, 0.5) is 5.82 Å². The minimum absolute atomic E-state index is 0.856. The zero-order valence-corrected chi connectivity index (χ0v) is 17.0. The molecule has 7 nitrogen and oxygen atoms in total. The van der Waals surface area contributed by atoms with Crippen LogP contribution in [0, 0.1) is 0 Å². The number of nitrogens with two attached hydrogens (primary N) is 1. The first-order chi connectivity index (χ1) is 14.2. The lowest BCUT2D eigenvalue weighted by Gasteiger charge is -2.28. The second kappa shape index (κ2) is 8.45. The second-order valence-corrected chi connectivity index (χ2v) is 7.11. The largest absolute Gasteiger partial charge is 0.404 e. The number of piperazine rings is 1. The first kappa shape index (κ1) is 19.1. The van der Waals surface area contributed by atoms with Crippen LogP contribution in [0.5, 0.6) is 0 Å². The Labute approximate surface area is 171 Å². The van der Waals surface area contributed by atoms with Gasteiger partial charge in [-0.15, -0.1) is 0 Å². The van der Waals surface area contributed by atoms with E-state index in [1.54, 1.807) is 19.5 Å². The van der Waals surface area contributed by atoms with Crippen molar-refractivity contribution in [3.63, 3.8) is 0 Å². The standard InChI is InChI=1S/C22H27N7/c1-3-16-14-27-29-15-18(19(11-23)12-24-2)10-20(22(16)29)17-4-5-21(26-13-17)28-8-6-25-7-9-28/h4-5,10-15,25H,3,6-9,23H2,1-2H3. The van der Waals surface area contributed by atoms with E-state index in [1.165, 1.54) is 5.56 Å². The highest BCUT2D eigenvalue weighted by atomic mass is 15.2. The Morgan fingerprint density at radius 1 is 1.28 bits per heavy atom. The molecule has 1 aliphatic rings. The average Bonchev–Trinajstić information content (AvgIpc) is 3.21. The smallest absolute Gasteiger partial charge is 0.128 e. The molecule has 4 heterocycles. The van der Waals surface area contributed by atoms with Gasteiger partial charge in [0.1, 0.15) is 5.82 Å². The van der Waals surface area contributed by atoms with Crippen LogP contribution in [-0.2, 0) is 6.42 Å². The molecular formula is C22H27N7. The number of allylic oxidation sites excluding steroid dienone is 1. The third kappa shape index (κ3) is 3.73. The summed E-state index contributed by atoms with van der Waals surface area (Å²) in [6, 6.07) is 6.41. The summed E-state index contributed by atoms with van der Waals surface area (Å²) in [5, 5.41) is 7.95. The molecule has 4 rings (SSSR count). The minimum atomic E-state index is 0.856. The topological polar surface area (TPSA) is 83.8 Å². The fraction of sp³-hybridized carbons (Fsp3) is 0.318. The van der Waals surface area contributed by atoms with Crippen molar-refractivity contribution in [1.29, 1.82) is 0 Å². The number of aryl methyl sites for hydroxylation is 1.